The van der Waals surface area contributed by atoms with E-state index in [2.05, 4.69) is 41.2 Å². The molecule has 0 N–H and O–H groups in total. The van der Waals surface area contributed by atoms with E-state index in [4.69, 9.17) is 9.47 Å². The smallest absolute Gasteiger partial charge is 0.159 e. The van der Waals surface area contributed by atoms with Crippen LogP contribution in [0, 0.1) is 0 Å². The molecule has 0 saturated carbocycles. The van der Waals surface area contributed by atoms with Crippen LogP contribution >= 0.6 is 0 Å². The summed E-state index contributed by atoms with van der Waals surface area (Å²) >= 11 is 0. The summed E-state index contributed by atoms with van der Waals surface area (Å²) < 4.78 is 25.1. The molecule has 3 rings (SSSR count). The number of aromatic nitrogens is 2. The molecule has 4 nitrogen and oxygen atoms in total. The number of hydrogen-bond acceptors (Lipinski definition) is 4. The van der Waals surface area contributed by atoms with Gasteiger partial charge >= 0.3 is 0 Å². The molecular weight excluding hydrogens is 463 g/mol. The number of rotatable bonds is 18. The predicted molar refractivity (Wildman–Crippen MR) is 151 cm³/mol. The summed E-state index contributed by atoms with van der Waals surface area (Å²) in [5.74, 6) is 1.40. The van der Waals surface area contributed by atoms with Crippen LogP contribution in [0.25, 0.3) is 22.5 Å². The molecule has 0 fully saturated rings. The summed E-state index contributed by atoms with van der Waals surface area (Å²) in [7, 11) is 0. The van der Waals surface area contributed by atoms with Gasteiger partial charge in [0, 0.05) is 36.7 Å². The van der Waals surface area contributed by atoms with E-state index in [1.807, 2.05) is 43.6 Å². The average Bonchev–Trinajstić information content (AvgIpc) is 2.94. The first-order valence-corrected chi connectivity index (χ1v) is 14.1. The van der Waals surface area contributed by atoms with Crippen molar-refractivity contribution in [2.24, 2.45) is 0 Å². The maximum absolute atomic E-state index is 14.1. The van der Waals surface area contributed by atoms with Crippen LogP contribution in [0.1, 0.15) is 77.2 Å². The van der Waals surface area contributed by atoms with Crippen molar-refractivity contribution in [2.75, 3.05) is 19.8 Å². The molecule has 1 heterocycles. The lowest BCUT2D eigenvalue weighted by Gasteiger charge is -2.11. The first-order chi connectivity index (χ1) is 18.2. The normalized spacial score (nSPS) is 12.0. The summed E-state index contributed by atoms with van der Waals surface area (Å²) in [6, 6.07) is 16.3. The Labute approximate surface area is 222 Å². The van der Waals surface area contributed by atoms with Gasteiger partial charge in [-0.2, -0.15) is 0 Å². The molecule has 0 bridgehead atoms. The Kier molecular flexibility index (Phi) is 13.1. The Balaban J connectivity index is 1.43. The van der Waals surface area contributed by atoms with Gasteiger partial charge in [-0.25, -0.2) is 14.4 Å². The van der Waals surface area contributed by atoms with Crippen molar-refractivity contribution >= 4 is 0 Å². The molecule has 0 aliphatic rings. The fraction of sp³-hybridized carbons (Fsp3) is 0.500. The summed E-state index contributed by atoms with van der Waals surface area (Å²) in [5.41, 5.74) is 4.34. The van der Waals surface area contributed by atoms with Gasteiger partial charge in [0.25, 0.3) is 0 Å². The molecule has 0 aliphatic carbocycles. The average molecular weight is 507 g/mol. The number of aryl methyl sites for hydroxylation is 1. The third-order valence-electron chi connectivity index (χ3n) is 6.56. The van der Waals surface area contributed by atoms with Gasteiger partial charge < -0.3 is 9.47 Å². The lowest BCUT2D eigenvalue weighted by atomic mass is 10.0. The highest BCUT2D eigenvalue weighted by Gasteiger charge is 2.08. The van der Waals surface area contributed by atoms with Gasteiger partial charge in [-0.15, -0.1) is 0 Å². The van der Waals surface area contributed by atoms with E-state index in [0.29, 0.717) is 12.2 Å². The maximum atomic E-state index is 14.1. The molecule has 1 aromatic heterocycles. The van der Waals surface area contributed by atoms with Crippen LogP contribution in [0.15, 0.2) is 60.9 Å². The van der Waals surface area contributed by atoms with Crippen LogP contribution in [0.5, 0.6) is 5.75 Å². The van der Waals surface area contributed by atoms with Crippen LogP contribution in [0.2, 0.25) is 0 Å². The summed E-state index contributed by atoms with van der Waals surface area (Å²) in [4.78, 5) is 9.17. The third kappa shape index (κ3) is 10.6. The first-order valence-electron chi connectivity index (χ1n) is 14.1. The SMILES string of the molecule is CCCCCCCc1ccc(-c2ncc(-c3ccc(OCC(F)CCCCCOCC)cc3)cn2)cc1. The third-order valence-corrected chi connectivity index (χ3v) is 6.56. The molecule has 200 valence electrons. The fourth-order valence-electron chi connectivity index (χ4n) is 4.28. The van der Waals surface area contributed by atoms with E-state index in [9.17, 15) is 4.39 Å². The summed E-state index contributed by atoms with van der Waals surface area (Å²) in [6.45, 7) is 5.82. The van der Waals surface area contributed by atoms with Gasteiger partial charge in [0.2, 0.25) is 0 Å². The van der Waals surface area contributed by atoms with Gasteiger partial charge in [0.05, 0.1) is 0 Å². The number of ether oxygens (including phenoxy) is 2. The molecular formula is C32H43FN2O2. The number of hydrogen-bond donors (Lipinski definition) is 0. The number of alkyl halides is 1. The van der Waals surface area contributed by atoms with Crippen molar-refractivity contribution in [1.29, 1.82) is 0 Å². The quantitative estimate of drug-likeness (QED) is 0.162. The molecule has 5 heteroatoms. The van der Waals surface area contributed by atoms with Crippen molar-refractivity contribution < 1.29 is 13.9 Å². The Morgan fingerprint density at radius 2 is 1.41 bits per heavy atom. The van der Waals surface area contributed by atoms with Crippen molar-refractivity contribution in [1.82, 2.24) is 9.97 Å². The van der Waals surface area contributed by atoms with Gasteiger partial charge in [0.15, 0.2) is 5.82 Å². The zero-order valence-electron chi connectivity index (χ0n) is 22.6. The molecule has 0 aliphatic heterocycles. The lowest BCUT2D eigenvalue weighted by molar-refractivity contribution is 0.140. The Hall–Kier alpha value is -2.79. The molecule has 1 unspecified atom stereocenters. The second kappa shape index (κ2) is 16.9. The van der Waals surface area contributed by atoms with Crippen molar-refractivity contribution in [3.63, 3.8) is 0 Å². The summed E-state index contributed by atoms with van der Waals surface area (Å²) in [5, 5.41) is 0. The Morgan fingerprint density at radius 1 is 0.730 bits per heavy atom. The van der Waals surface area contributed by atoms with Crippen LogP contribution in [-0.2, 0) is 11.2 Å². The van der Waals surface area contributed by atoms with Crippen LogP contribution in [0.3, 0.4) is 0 Å². The molecule has 1 atom stereocenters. The van der Waals surface area contributed by atoms with Gasteiger partial charge in [-0.1, -0.05) is 81.8 Å². The molecule has 0 radical (unpaired) electrons. The van der Waals surface area contributed by atoms with Crippen molar-refractivity contribution in [2.45, 2.75) is 84.2 Å². The van der Waals surface area contributed by atoms with Crippen molar-refractivity contribution in [3.8, 4) is 28.3 Å². The highest BCUT2D eigenvalue weighted by Crippen LogP contribution is 2.24. The van der Waals surface area contributed by atoms with Gasteiger partial charge in [-0.3, -0.25) is 0 Å². The monoisotopic (exact) mass is 506 g/mol. The van der Waals surface area contributed by atoms with E-state index in [1.54, 1.807) is 0 Å². The van der Waals surface area contributed by atoms with Crippen molar-refractivity contribution in [3.05, 3.63) is 66.5 Å². The number of benzene rings is 2. The van der Waals surface area contributed by atoms with Gasteiger partial charge in [0.1, 0.15) is 18.5 Å². The molecule has 2 aromatic carbocycles. The lowest BCUT2D eigenvalue weighted by Crippen LogP contribution is -2.12. The number of nitrogens with zero attached hydrogens (tertiary/aromatic N) is 2. The number of unbranched alkanes of at least 4 members (excludes halogenated alkanes) is 6. The Morgan fingerprint density at radius 3 is 2.11 bits per heavy atom. The minimum Gasteiger partial charge on any atom is -0.491 e. The van der Waals surface area contributed by atoms with E-state index in [1.165, 1.54) is 37.7 Å². The summed E-state index contributed by atoms with van der Waals surface area (Å²) in [6.07, 6.45) is 13.7. The molecule has 0 spiro atoms. The first kappa shape index (κ1) is 28.8. The van der Waals surface area contributed by atoms with Gasteiger partial charge in [-0.05, 0) is 55.9 Å². The minimum absolute atomic E-state index is 0.0836. The zero-order chi connectivity index (χ0) is 26.1. The molecule has 37 heavy (non-hydrogen) atoms. The van der Waals surface area contributed by atoms with E-state index in [0.717, 1.165) is 61.4 Å². The van der Waals surface area contributed by atoms with E-state index >= 15 is 0 Å². The number of halogens is 1. The molecule has 0 saturated heterocycles. The van der Waals surface area contributed by atoms with Crippen LogP contribution in [-0.4, -0.2) is 36.0 Å². The maximum Gasteiger partial charge on any atom is 0.159 e. The molecule has 3 aromatic rings. The largest absolute Gasteiger partial charge is 0.491 e. The zero-order valence-corrected chi connectivity index (χ0v) is 22.6. The van der Waals surface area contributed by atoms with Crippen LogP contribution < -0.4 is 4.74 Å². The minimum atomic E-state index is -0.951. The molecule has 0 amide bonds. The second-order valence-electron chi connectivity index (χ2n) is 9.64. The van der Waals surface area contributed by atoms with Crippen LogP contribution in [0.4, 0.5) is 4.39 Å². The standard InChI is InChI=1S/C32H43FN2O2/c1-3-5-6-7-9-12-26-14-16-28(17-15-26)32-34-23-29(24-35-32)27-18-20-31(21-19-27)37-25-30(33)13-10-8-11-22-36-4-2/h14-21,23-24,30H,3-13,22,25H2,1-2H3. The predicted octanol–water partition coefficient (Wildman–Crippen LogP) is 8.64. The fourth-order valence-corrected chi connectivity index (χ4v) is 4.28. The topological polar surface area (TPSA) is 44.2 Å². The highest BCUT2D eigenvalue weighted by atomic mass is 19.1. The highest BCUT2D eigenvalue weighted by molar-refractivity contribution is 5.64. The Bertz CT molecular complexity index is 991. The second-order valence-corrected chi connectivity index (χ2v) is 9.64. The van der Waals surface area contributed by atoms with E-state index in [-0.39, 0.29) is 6.61 Å². The van der Waals surface area contributed by atoms with E-state index < -0.39 is 6.17 Å².